The van der Waals surface area contributed by atoms with Gasteiger partial charge >= 0.3 is 0 Å². The quantitative estimate of drug-likeness (QED) is 0.633. The van der Waals surface area contributed by atoms with Crippen LogP contribution in [0, 0.1) is 0 Å². The maximum Gasteiger partial charge on any atom is 0.235 e. The monoisotopic (exact) mass is 269 g/mol. The first-order valence-corrected chi connectivity index (χ1v) is 7.13. The van der Waals surface area contributed by atoms with E-state index >= 15 is 0 Å². The molecule has 0 N–H and O–H groups in total. The first kappa shape index (κ1) is 13.1. The number of hydrogen-bond acceptors (Lipinski definition) is 3. The van der Waals surface area contributed by atoms with Crippen molar-refractivity contribution >= 4 is 17.1 Å². The lowest BCUT2D eigenvalue weighted by Gasteiger charge is -2.37. The van der Waals surface area contributed by atoms with Crippen molar-refractivity contribution in [2.75, 3.05) is 0 Å². The van der Waals surface area contributed by atoms with Crippen molar-refractivity contribution in [3.05, 3.63) is 29.6 Å². The number of aryl methyl sites for hydroxylation is 1. The largest absolute Gasteiger partial charge is 0.331 e. The van der Waals surface area contributed by atoms with Gasteiger partial charge in [-0.2, -0.15) is 4.99 Å². The molecule has 0 bridgehead atoms. The van der Waals surface area contributed by atoms with Crippen LogP contribution in [-0.4, -0.2) is 15.6 Å². The predicted molar refractivity (Wildman–Crippen MR) is 78.5 cm³/mol. The number of benzene rings is 1. The first-order chi connectivity index (χ1) is 9.57. The summed E-state index contributed by atoms with van der Waals surface area (Å²) in [7, 11) is 2.05. The van der Waals surface area contributed by atoms with Gasteiger partial charge in [-0.05, 0) is 37.0 Å². The summed E-state index contributed by atoms with van der Waals surface area (Å²) in [5.74, 6) is 1.47. The van der Waals surface area contributed by atoms with E-state index < -0.39 is 0 Å². The lowest BCUT2D eigenvalue weighted by molar-refractivity contribution is 0.256. The summed E-state index contributed by atoms with van der Waals surface area (Å²) < 4.78 is 2.14. The van der Waals surface area contributed by atoms with E-state index in [4.69, 9.17) is 4.98 Å². The van der Waals surface area contributed by atoms with Crippen LogP contribution in [0.4, 0.5) is 0 Å². The molecule has 1 fully saturated rings. The van der Waals surface area contributed by atoms with Crippen molar-refractivity contribution in [2.24, 2.45) is 12.0 Å². The summed E-state index contributed by atoms with van der Waals surface area (Å²) in [6.07, 6.45) is 4.71. The number of aliphatic imine (C=N–C) groups is 1. The van der Waals surface area contributed by atoms with Gasteiger partial charge in [-0.25, -0.2) is 9.78 Å². The van der Waals surface area contributed by atoms with Crippen molar-refractivity contribution in [1.29, 1.82) is 0 Å². The third-order valence-corrected chi connectivity index (χ3v) is 4.41. The number of isocyanates is 1. The zero-order chi connectivity index (χ0) is 14.3. The summed E-state index contributed by atoms with van der Waals surface area (Å²) in [6, 6.07) is 6.25. The Kier molecular flexibility index (Phi) is 2.98. The minimum atomic E-state index is -0.342. The topological polar surface area (TPSA) is 47.2 Å². The molecular weight excluding hydrogens is 250 g/mol. The van der Waals surface area contributed by atoms with Gasteiger partial charge in [0.2, 0.25) is 6.08 Å². The van der Waals surface area contributed by atoms with Gasteiger partial charge in [-0.3, -0.25) is 0 Å². The molecule has 1 aromatic heterocycles. The molecule has 0 atom stereocenters. The normalized spacial score (nSPS) is 17.0. The Balaban J connectivity index is 2.14. The zero-order valence-corrected chi connectivity index (χ0v) is 12.2. The molecule has 0 radical (unpaired) electrons. The number of nitrogens with zero attached hydrogens (tertiary/aromatic N) is 3. The second-order valence-electron chi connectivity index (χ2n) is 5.98. The van der Waals surface area contributed by atoms with Gasteiger partial charge in [0.1, 0.15) is 5.82 Å². The Hall–Kier alpha value is -1.93. The van der Waals surface area contributed by atoms with Crippen LogP contribution in [-0.2, 0) is 17.4 Å². The number of rotatable bonds is 3. The number of fused-ring (bicyclic) bond motifs is 1. The van der Waals surface area contributed by atoms with E-state index in [0.717, 1.165) is 41.7 Å². The maximum absolute atomic E-state index is 10.7. The van der Waals surface area contributed by atoms with Crippen molar-refractivity contribution in [3.63, 3.8) is 0 Å². The second-order valence-corrected chi connectivity index (χ2v) is 5.98. The molecular formula is C16H19N3O. The van der Waals surface area contributed by atoms with Crippen LogP contribution in [0.25, 0.3) is 11.0 Å². The van der Waals surface area contributed by atoms with Crippen LogP contribution in [0.5, 0.6) is 0 Å². The minimum absolute atomic E-state index is 0.342. The second kappa shape index (κ2) is 4.57. The van der Waals surface area contributed by atoms with Crippen molar-refractivity contribution in [3.8, 4) is 0 Å². The molecule has 3 rings (SSSR count). The minimum Gasteiger partial charge on any atom is -0.331 e. The van der Waals surface area contributed by atoms with E-state index in [-0.39, 0.29) is 5.54 Å². The van der Waals surface area contributed by atoms with Crippen LogP contribution >= 0.6 is 0 Å². The summed E-state index contributed by atoms with van der Waals surface area (Å²) >= 11 is 0. The standard InChI is InChI=1S/C16H19N3O/c1-11(2)15-18-13-9-12(5-6-14(13)19(15)3)16(17-10-20)7-4-8-16/h5-6,9,11H,4,7-8H2,1-3H3. The van der Waals surface area contributed by atoms with Gasteiger partial charge < -0.3 is 4.57 Å². The Labute approximate surface area is 118 Å². The van der Waals surface area contributed by atoms with Crippen molar-refractivity contribution in [1.82, 2.24) is 9.55 Å². The molecule has 0 aliphatic heterocycles. The average molecular weight is 269 g/mol. The average Bonchev–Trinajstić information content (AvgIpc) is 2.71. The fraction of sp³-hybridized carbons (Fsp3) is 0.500. The van der Waals surface area contributed by atoms with Crippen molar-refractivity contribution in [2.45, 2.75) is 44.6 Å². The molecule has 1 aliphatic carbocycles. The summed E-state index contributed by atoms with van der Waals surface area (Å²) in [5.41, 5.74) is 2.86. The Morgan fingerprint density at radius 1 is 1.40 bits per heavy atom. The molecule has 104 valence electrons. The summed E-state index contributed by atoms with van der Waals surface area (Å²) in [4.78, 5) is 19.5. The molecule has 1 aromatic carbocycles. The molecule has 0 saturated heterocycles. The van der Waals surface area contributed by atoms with Gasteiger partial charge in [0, 0.05) is 13.0 Å². The van der Waals surface area contributed by atoms with Crippen LogP contribution in [0.2, 0.25) is 0 Å². The number of imidazole rings is 1. The highest BCUT2D eigenvalue weighted by Crippen LogP contribution is 2.45. The molecule has 20 heavy (non-hydrogen) atoms. The molecule has 1 heterocycles. The Morgan fingerprint density at radius 3 is 2.70 bits per heavy atom. The van der Waals surface area contributed by atoms with E-state index in [1.165, 1.54) is 0 Å². The van der Waals surface area contributed by atoms with Crippen LogP contribution < -0.4 is 0 Å². The van der Waals surface area contributed by atoms with E-state index in [2.05, 4.69) is 41.6 Å². The lowest BCUT2D eigenvalue weighted by Crippen LogP contribution is -2.31. The number of hydrogen-bond donors (Lipinski definition) is 0. The first-order valence-electron chi connectivity index (χ1n) is 7.13. The highest BCUT2D eigenvalue weighted by atomic mass is 16.1. The summed E-state index contributed by atoms with van der Waals surface area (Å²) in [6.45, 7) is 4.29. The van der Waals surface area contributed by atoms with E-state index in [1.54, 1.807) is 6.08 Å². The van der Waals surface area contributed by atoms with E-state index in [1.807, 2.05) is 7.05 Å². The molecule has 4 heteroatoms. The van der Waals surface area contributed by atoms with Gasteiger partial charge in [0.05, 0.1) is 16.6 Å². The SMILES string of the molecule is CC(C)c1nc2cc(C3(N=C=O)CCC3)ccc2n1C. The Bertz CT molecular complexity index is 704. The Morgan fingerprint density at radius 2 is 2.15 bits per heavy atom. The van der Waals surface area contributed by atoms with Crippen LogP contribution in [0.15, 0.2) is 23.2 Å². The van der Waals surface area contributed by atoms with E-state index in [9.17, 15) is 4.79 Å². The van der Waals surface area contributed by atoms with Crippen molar-refractivity contribution < 1.29 is 4.79 Å². The zero-order valence-electron chi connectivity index (χ0n) is 12.2. The molecule has 0 spiro atoms. The van der Waals surface area contributed by atoms with Gasteiger partial charge in [-0.15, -0.1) is 0 Å². The maximum atomic E-state index is 10.7. The fourth-order valence-corrected chi connectivity index (χ4v) is 3.09. The molecule has 1 saturated carbocycles. The molecule has 2 aromatic rings. The van der Waals surface area contributed by atoms with E-state index in [0.29, 0.717) is 5.92 Å². The third-order valence-electron chi connectivity index (χ3n) is 4.41. The highest BCUT2D eigenvalue weighted by molar-refractivity contribution is 5.77. The summed E-state index contributed by atoms with van der Waals surface area (Å²) in [5, 5.41) is 0. The van der Waals surface area contributed by atoms with Gasteiger partial charge in [-0.1, -0.05) is 19.9 Å². The molecule has 4 nitrogen and oxygen atoms in total. The number of aromatic nitrogens is 2. The van der Waals surface area contributed by atoms with Crippen LogP contribution in [0.1, 0.15) is 50.4 Å². The third kappa shape index (κ3) is 1.80. The van der Waals surface area contributed by atoms with Gasteiger partial charge in [0.15, 0.2) is 0 Å². The van der Waals surface area contributed by atoms with Gasteiger partial charge in [0.25, 0.3) is 0 Å². The number of carbonyl (C=O) groups excluding carboxylic acids is 1. The van der Waals surface area contributed by atoms with Crippen LogP contribution in [0.3, 0.4) is 0 Å². The lowest BCUT2D eigenvalue weighted by atomic mass is 9.72. The molecule has 1 aliphatic rings. The predicted octanol–water partition coefficient (Wildman–Crippen LogP) is 3.41. The fourth-order valence-electron chi connectivity index (χ4n) is 3.09. The molecule has 0 unspecified atom stereocenters. The smallest absolute Gasteiger partial charge is 0.235 e. The molecule has 0 amide bonds. The highest BCUT2D eigenvalue weighted by Gasteiger charge is 2.39.